The van der Waals surface area contributed by atoms with Gasteiger partial charge in [-0.15, -0.1) is 21.5 Å². The number of para-hydroxylation sites is 1. The second-order valence-electron chi connectivity index (χ2n) is 5.12. The number of allylic oxidation sites excluding steroid dienone is 1. The predicted molar refractivity (Wildman–Crippen MR) is 98.5 cm³/mol. The summed E-state index contributed by atoms with van der Waals surface area (Å²) >= 11 is 2.71. The Balaban J connectivity index is 1.62. The highest BCUT2D eigenvalue weighted by atomic mass is 32.2. The molecule has 3 heterocycles. The number of benzene rings is 1. The van der Waals surface area contributed by atoms with Gasteiger partial charge in [0.05, 0.1) is 16.0 Å². The summed E-state index contributed by atoms with van der Waals surface area (Å²) in [5.74, 6) is 0.202. The number of nitriles is 1. The summed E-state index contributed by atoms with van der Waals surface area (Å²) in [5, 5.41) is 29.2. The van der Waals surface area contributed by atoms with Crippen LogP contribution >= 0.6 is 23.1 Å². The van der Waals surface area contributed by atoms with Crippen LogP contribution in [0.3, 0.4) is 0 Å². The number of aliphatic hydroxyl groups is 1. The summed E-state index contributed by atoms with van der Waals surface area (Å²) in [7, 11) is 0. The Hall–Kier alpha value is -2.89. The smallest absolute Gasteiger partial charge is 0.196 e. The number of nitrogens with zero attached hydrogens (tertiary/aromatic N) is 5. The summed E-state index contributed by atoms with van der Waals surface area (Å²) in [6.45, 7) is 0. The molecule has 0 saturated carbocycles. The molecular weight excluding hydrogens is 354 g/mol. The highest BCUT2D eigenvalue weighted by Gasteiger charge is 2.15. The minimum atomic E-state index is -0.0146. The first-order valence-corrected chi connectivity index (χ1v) is 9.17. The maximum absolute atomic E-state index is 10.4. The lowest BCUT2D eigenvalue weighted by molar-refractivity contribution is 0.420. The van der Waals surface area contributed by atoms with Gasteiger partial charge in [-0.1, -0.05) is 30.0 Å². The molecule has 0 fully saturated rings. The molecule has 0 amide bonds. The molecular formula is C17H11N5OS2. The summed E-state index contributed by atoms with van der Waals surface area (Å²) in [6.07, 6.45) is 1.86. The Bertz CT molecular complexity index is 1110. The van der Waals surface area contributed by atoms with Crippen molar-refractivity contribution in [1.82, 2.24) is 19.6 Å². The van der Waals surface area contributed by atoms with Crippen LogP contribution in [0.1, 0.15) is 5.01 Å². The third-order valence-electron chi connectivity index (χ3n) is 3.53. The monoisotopic (exact) mass is 365 g/mol. The van der Waals surface area contributed by atoms with Crippen LogP contribution in [0.15, 0.2) is 59.6 Å². The van der Waals surface area contributed by atoms with E-state index in [1.807, 2.05) is 53.1 Å². The van der Waals surface area contributed by atoms with Crippen molar-refractivity contribution in [2.24, 2.45) is 0 Å². The molecule has 0 aliphatic carbocycles. The van der Waals surface area contributed by atoms with Crippen LogP contribution in [0.5, 0.6) is 0 Å². The fourth-order valence-corrected chi connectivity index (χ4v) is 4.12. The molecule has 4 aromatic rings. The largest absolute Gasteiger partial charge is 0.510 e. The van der Waals surface area contributed by atoms with Crippen LogP contribution in [0.2, 0.25) is 0 Å². The van der Waals surface area contributed by atoms with Crippen LogP contribution in [0, 0.1) is 11.3 Å². The van der Waals surface area contributed by atoms with Gasteiger partial charge < -0.3 is 5.11 Å². The minimum Gasteiger partial charge on any atom is -0.510 e. The van der Waals surface area contributed by atoms with E-state index in [1.54, 1.807) is 0 Å². The van der Waals surface area contributed by atoms with Crippen LogP contribution in [-0.4, -0.2) is 30.4 Å². The Morgan fingerprint density at radius 2 is 2.04 bits per heavy atom. The molecule has 0 aliphatic rings. The molecule has 0 atom stereocenters. The maximum Gasteiger partial charge on any atom is 0.196 e. The molecule has 0 saturated heterocycles. The van der Waals surface area contributed by atoms with Gasteiger partial charge in [0.2, 0.25) is 0 Å². The summed E-state index contributed by atoms with van der Waals surface area (Å²) in [4.78, 5) is 4.44. The molecule has 8 heteroatoms. The molecule has 0 bridgehead atoms. The van der Waals surface area contributed by atoms with E-state index in [9.17, 15) is 10.4 Å². The van der Waals surface area contributed by atoms with Crippen molar-refractivity contribution in [2.45, 2.75) is 5.16 Å². The number of pyridine rings is 1. The molecule has 1 N–H and O–H groups in total. The molecule has 4 rings (SSSR count). The zero-order valence-corrected chi connectivity index (χ0v) is 14.5. The first-order chi connectivity index (χ1) is 12.3. The quantitative estimate of drug-likeness (QED) is 0.335. The summed E-state index contributed by atoms with van der Waals surface area (Å²) in [6, 6.07) is 15.3. The van der Waals surface area contributed by atoms with Gasteiger partial charge in [0.25, 0.3) is 0 Å². The molecule has 0 spiro atoms. The van der Waals surface area contributed by atoms with Crippen LogP contribution in [0.4, 0.5) is 0 Å². The van der Waals surface area contributed by atoms with Crippen LogP contribution < -0.4 is 0 Å². The number of hydrogen-bond acceptors (Lipinski definition) is 7. The van der Waals surface area contributed by atoms with Gasteiger partial charge >= 0.3 is 0 Å². The normalized spacial score (nSPS) is 12.3. The first-order valence-electron chi connectivity index (χ1n) is 7.37. The van der Waals surface area contributed by atoms with E-state index >= 15 is 0 Å². The van der Waals surface area contributed by atoms with Crippen molar-refractivity contribution in [2.75, 3.05) is 5.75 Å². The number of thioether (sulfide) groups is 1. The average Bonchev–Trinajstić information content (AvgIpc) is 3.24. The topological polar surface area (TPSA) is 87.1 Å². The minimum absolute atomic E-state index is 0.0146. The second-order valence-corrected chi connectivity index (χ2v) is 7.09. The fourth-order valence-electron chi connectivity index (χ4n) is 2.34. The van der Waals surface area contributed by atoms with E-state index in [1.165, 1.54) is 23.1 Å². The van der Waals surface area contributed by atoms with E-state index in [0.29, 0.717) is 10.2 Å². The molecule has 0 unspecified atom stereocenters. The Morgan fingerprint density at radius 1 is 1.20 bits per heavy atom. The highest BCUT2D eigenvalue weighted by Crippen LogP contribution is 2.29. The lowest BCUT2D eigenvalue weighted by Crippen LogP contribution is -1.94. The Kier molecular flexibility index (Phi) is 4.09. The zero-order chi connectivity index (χ0) is 17.2. The van der Waals surface area contributed by atoms with Crippen LogP contribution in [-0.2, 0) is 0 Å². The van der Waals surface area contributed by atoms with Gasteiger partial charge in [-0.3, -0.25) is 4.40 Å². The van der Waals surface area contributed by atoms with E-state index in [-0.39, 0.29) is 17.1 Å². The maximum atomic E-state index is 10.4. The number of rotatable bonds is 4. The number of aliphatic hydroxyl groups excluding tert-OH is 1. The van der Waals surface area contributed by atoms with Crippen molar-refractivity contribution >= 4 is 44.5 Å². The van der Waals surface area contributed by atoms with Crippen molar-refractivity contribution in [3.05, 3.63) is 59.4 Å². The van der Waals surface area contributed by atoms with E-state index < -0.39 is 0 Å². The number of hydrogen-bond donors (Lipinski definition) is 1. The zero-order valence-electron chi connectivity index (χ0n) is 12.8. The number of thiazole rings is 1. The second kappa shape index (κ2) is 6.55. The van der Waals surface area contributed by atoms with E-state index in [2.05, 4.69) is 21.3 Å². The van der Waals surface area contributed by atoms with Gasteiger partial charge in [0, 0.05) is 6.20 Å². The predicted octanol–water partition coefficient (Wildman–Crippen LogP) is 3.92. The average molecular weight is 365 g/mol. The van der Waals surface area contributed by atoms with Crippen molar-refractivity contribution in [3.8, 4) is 6.07 Å². The third kappa shape index (κ3) is 2.95. The molecule has 6 nitrogen and oxygen atoms in total. The Labute approximate surface area is 151 Å². The van der Waals surface area contributed by atoms with Crippen molar-refractivity contribution in [1.29, 1.82) is 5.26 Å². The molecule has 25 heavy (non-hydrogen) atoms. The molecule has 1 aromatic carbocycles. The number of fused-ring (bicyclic) bond motifs is 2. The standard InChI is InChI=1S/C17H11N5OS2/c18-9-11(16-19-12-5-1-2-6-14(12)25-16)13(23)10-24-17-21-20-15-7-3-4-8-22(15)17/h1-8,23H,10H2. The van der Waals surface area contributed by atoms with Gasteiger partial charge in [-0.25, -0.2) is 4.98 Å². The van der Waals surface area contributed by atoms with Gasteiger partial charge in [-0.2, -0.15) is 5.26 Å². The molecule has 0 radical (unpaired) electrons. The highest BCUT2D eigenvalue weighted by molar-refractivity contribution is 7.99. The SMILES string of the molecule is N#CC(=C(O)CSc1nnc2ccccn12)c1nc2ccccc2s1. The summed E-state index contributed by atoms with van der Waals surface area (Å²) < 4.78 is 2.82. The van der Waals surface area contributed by atoms with E-state index in [0.717, 1.165) is 15.9 Å². The van der Waals surface area contributed by atoms with Gasteiger partial charge in [0.15, 0.2) is 10.8 Å². The lowest BCUT2D eigenvalue weighted by Gasteiger charge is -2.01. The number of aromatic nitrogens is 4. The van der Waals surface area contributed by atoms with Gasteiger partial charge in [0.1, 0.15) is 22.4 Å². The molecule has 0 aliphatic heterocycles. The van der Waals surface area contributed by atoms with Crippen molar-refractivity contribution in [3.63, 3.8) is 0 Å². The van der Waals surface area contributed by atoms with Crippen LogP contribution in [0.25, 0.3) is 21.4 Å². The fraction of sp³-hybridized carbons (Fsp3) is 0.0588. The van der Waals surface area contributed by atoms with Gasteiger partial charge in [-0.05, 0) is 24.3 Å². The molecule has 122 valence electrons. The van der Waals surface area contributed by atoms with E-state index in [4.69, 9.17) is 0 Å². The first kappa shape index (κ1) is 15.6. The summed E-state index contributed by atoms with van der Waals surface area (Å²) in [5.41, 5.74) is 1.75. The Morgan fingerprint density at radius 3 is 2.88 bits per heavy atom. The third-order valence-corrected chi connectivity index (χ3v) is 5.54. The lowest BCUT2D eigenvalue weighted by atomic mass is 10.2. The molecule has 3 aromatic heterocycles. The van der Waals surface area contributed by atoms with Crippen molar-refractivity contribution < 1.29 is 5.11 Å².